The van der Waals surface area contributed by atoms with Crippen LogP contribution in [0.25, 0.3) is 0 Å². The predicted octanol–water partition coefficient (Wildman–Crippen LogP) is 1.29. The summed E-state index contributed by atoms with van der Waals surface area (Å²) >= 11 is 0. The summed E-state index contributed by atoms with van der Waals surface area (Å²) in [7, 11) is 0. The summed E-state index contributed by atoms with van der Waals surface area (Å²) in [5.74, 6) is 0.279. The fourth-order valence-corrected chi connectivity index (χ4v) is 3.06. The summed E-state index contributed by atoms with van der Waals surface area (Å²) in [6.07, 6.45) is 2.12. The molecule has 0 unspecified atom stereocenters. The lowest BCUT2D eigenvalue weighted by Gasteiger charge is -2.31. The van der Waals surface area contributed by atoms with Gasteiger partial charge in [0.15, 0.2) is 0 Å². The van der Waals surface area contributed by atoms with Crippen molar-refractivity contribution in [2.75, 3.05) is 39.3 Å². The molecule has 116 valence electrons. The van der Waals surface area contributed by atoms with E-state index in [1.807, 2.05) is 4.90 Å². The zero-order chi connectivity index (χ0) is 13.8. The highest BCUT2D eigenvalue weighted by Crippen LogP contribution is 2.18. The van der Waals surface area contributed by atoms with Crippen LogP contribution in [0, 0.1) is 0 Å². The molecule has 2 aliphatic rings. The highest BCUT2D eigenvalue weighted by molar-refractivity contribution is 5.85. The summed E-state index contributed by atoms with van der Waals surface area (Å²) < 4.78 is 0. The van der Waals surface area contributed by atoms with Gasteiger partial charge in [-0.2, -0.15) is 0 Å². The standard InChI is InChI=1S/C16H23N3O.ClH/c20-16(13-18-9-3-7-17-8-11-18)19-10-6-14-4-1-2-5-15(14)12-19;/h1-2,4-5,17H,3,6-13H2;1H. The number of fused-ring (bicyclic) bond motifs is 1. The first-order valence-corrected chi connectivity index (χ1v) is 7.60. The first kappa shape index (κ1) is 16.3. The molecule has 1 saturated heterocycles. The molecule has 5 heteroatoms. The molecule has 0 bridgehead atoms. The van der Waals surface area contributed by atoms with E-state index in [0.717, 1.165) is 52.1 Å². The number of amides is 1. The van der Waals surface area contributed by atoms with Gasteiger partial charge in [0, 0.05) is 26.2 Å². The Hall–Kier alpha value is -1.10. The third-order valence-corrected chi connectivity index (χ3v) is 4.27. The normalized spacial score (nSPS) is 19.3. The number of nitrogens with zero attached hydrogens (tertiary/aromatic N) is 2. The van der Waals surface area contributed by atoms with Gasteiger partial charge in [-0.15, -0.1) is 12.4 Å². The van der Waals surface area contributed by atoms with Crippen LogP contribution in [-0.4, -0.2) is 55.0 Å². The van der Waals surface area contributed by atoms with Crippen LogP contribution in [-0.2, 0) is 17.8 Å². The van der Waals surface area contributed by atoms with Crippen LogP contribution < -0.4 is 5.32 Å². The van der Waals surface area contributed by atoms with Crippen LogP contribution >= 0.6 is 12.4 Å². The molecule has 1 amide bonds. The second kappa shape index (κ2) is 7.78. The number of carbonyl (C=O) groups is 1. The third kappa shape index (κ3) is 4.19. The maximum atomic E-state index is 12.5. The van der Waals surface area contributed by atoms with Gasteiger partial charge in [-0.3, -0.25) is 9.69 Å². The van der Waals surface area contributed by atoms with E-state index in [-0.39, 0.29) is 18.3 Å². The van der Waals surface area contributed by atoms with Crippen LogP contribution in [0.5, 0.6) is 0 Å². The fourth-order valence-electron chi connectivity index (χ4n) is 3.06. The van der Waals surface area contributed by atoms with E-state index in [4.69, 9.17) is 0 Å². The summed E-state index contributed by atoms with van der Waals surface area (Å²) in [6.45, 7) is 6.30. The molecule has 1 fully saturated rings. The molecule has 1 aromatic carbocycles. The molecule has 0 aliphatic carbocycles. The van der Waals surface area contributed by atoms with E-state index in [1.54, 1.807) is 0 Å². The average molecular weight is 310 g/mol. The maximum absolute atomic E-state index is 12.5. The zero-order valence-corrected chi connectivity index (χ0v) is 13.2. The van der Waals surface area contributed by atoms with Crippen LogP contribution in [0.3, 0.4) is 0 Å². The van der Waals surface area contributed by atoms with Crippen molar-refractivity contribution in [3.8, 4) is 0 Å². The Labute approximate surface area is 132 Å². The van der Waals surface area contributed by atoms with E-state index in [2.05, 4.69) is 34.5 Å². The van der Waals surface area contributed by atoms with Crippen LogP contribution in [0.4, 0.5) is 0 Å². The Morgan fingerprint density at radius 1 is 1.10 bits per heavy atom. The largest absolute Gasteiger partial charge is 0.337 e. The van der Waals surface area contributed by atoms with Gasteiger partial charge in [0.2, 0.25) is 5.91 Å². The summed E-state index contributed by atoms with van der Waals surface area (Å²) in [4.78, 5) is 16.7. The lowest BCUT2D eigenvalue weighted by Crippen LogP contribution is -2.43. The van der Waals surface area contributed by atoms with E-state index < -0.39 is 0 Å². The molecular formula is C16H24ClN3O. The summed E-state index contributed by atoms with van der Waals surface area (Å²) in [5, 5.41) is 3.38. The number of rotatable bonds is 2. The first-order valence-electron chi connectivity index (χ1n) is 7.60. The van der Waals surface area contributed by atoms with Crippen molar-refractivity contribution in [3.05, 3.63) is 35.4 Å². The Kier molecular flexibility index (Phi) is 6.03. The van der Waals surface area contributed by atoms with Gasteiger partial charge in [-0.05, 0) is 37.1 Å². The van der Waals surface area contributed by atoms with Crippen LogP contribution in [0.2, 0.25) is 0 Å². The van der Waals surface area contributed by atoms with Gasteiger partial charge in [0.1, 0.15) is 0 Å². The average Bonchev–Trinajstić information content (AvgIpc) is 2.75. The lowest BCUT2D eigenvalue weighted by atomic mass is 10.00. The zero-order valence-electron chi connectivity index (χ0n) is 12.4. The molecule has 3 rings (SSSR count). The molecule has 1 aromatic rings. The summed E-state index contributed by atoms with van der Waals surface area (Å²) in [6, 6.07) is 8.47. The molecular weight excluding hydrogens is 286 g/mol. The van der Waals surface area contributed by atoms with Gasteiger partial charge in [-0.25, -0.2) is 0 Å². The van der Waals surface area contributed by atoms with Gasteiger partial charge in [0.25, 0.3) is 0 Å². The van der Waals surface area contributed by atoms with Gasteiger partial charge in [0.05, 0.1) is 6.54 Å². The third-order valence-electron chi connectivity index (χ3n) is 4.27. The highest BCUT2D eigenvalue weighted by atomic mass is 35.5. The van der Waals surface area contributed by atoms with Crippen LogP contribution in [0.15, 0.2) is 24.3 Å². The Morgan fingerprint density at radius 2 is 1.90 bits per heavy atom. The first-order chi connectivity index (χ1) is 9.83. The lowest BCUT2D eigenvalue weighted by molar-refractivity contribution is -0.133. The molecule has 0 spiro atoms. The van der Waals surface area contributed by atoms with Gasteiger partial charge < -0.3 is 10.2 Å². The fraction of sp³-hybridized carbons (Fsp3) is 0.562. The highest BCUT2D eigenvalue weighted by Gasteiger charge is 2.22. The molecule has 0 aromatic heterocycles. The minimum atomic E-state index is 0. The van der Waals surface area contributed by atoms with Crippen molar-refractivity contribution in [1.29, 1.82) is 0 Å². The van der Waals surface area contributed by atoms with Crippen molar-refractivity contribution in [1.82, 2.24) is 15.1 Å². The number of hydrogen-bond acceptors (Lipinski definition) is 3. The minimum absolute atomic E-state index is 0. The number of carbonyl (C=O) groups excluding carboxylic acids is 1. The Morgan fingerprint density at radius 3 is 2.76 bits per heavy atom. The maximum Gasteiger partial charge on any atom is 0.237 e. The number of benzene rings is 1. The SMILES string of the molecule is Cl.O=C(CN1CCCNCC1)N1CCc2ccccc2C1. The van der Waals surface area contributed by atoms with Crippen molar-refractivity contribution < 1.29 is 4.79 Å². The van der Waals surface area contributed by atoms with E-state index in [9.17, 15) is 4.79 Å². The van der Waals surface area contributed by atoms with Crippen LogP contribution in [0.1, 0.15) is 17.5 Å². The number of nitrogens with one attached hydrogen (secondary N) is 1. The minimum Gasteiger partial charge on any atom is -0.337 e. The van der Waals surface area contributed by atoms with Gasteiger partial charge >= 0.3 is 0 Å². The predicted molar refractivity (Wildman–Crippen MR) is 86.7 cm³/mol. The summed E-state index contributed by atoms with van der Waals surface area (Å²) in [5.41, 5.74) is 2.71. The van der Waals surface area contributed by atoms with Gasteiger partial charge in [-0.1, -0.05) is 24.3 Å². The molecule has 2 heterocycles. The molecule has 2 aliphatic heterocycles. The smallest absolute Gasteiger partial charge is 0.237 e. The second-order valence-electron chi connectivity index (χ2n) is 5.71. The molecule has 21 heavy (non-hydrogen) atoms. The monoisotopic (exact) mass is 309 g/mol. The van der Waals surface area contributed by atoms with Crippen molar-refractivity contribution >= 4 is 18.3 Å². The number of halogens is 1. The van der Waals surface area contributed by atoms with E-state index in [1.165, 1.54) is 11.1 Å². The van der Waals surface area contributed by atoms with E-state index >= 15 is 0 Å². The Balaban J connectivity index is 0.00000161. The molecule has 4 nitrogen and oxygen atoms in total. The molecule has 0 radical (unpaired) electrons. The van der Waals surface area contributed by atoms with E-state index in [0.29, 0.717) is 6.54 Å². The van der Waals surface area contributed by atoms with Crippen molar-refractivity contribution in [2.24, 2.45) is 0 Å². The second-order valence-corrected chi connectivity index (χ2v) is 5.71. The van der Waals surface area contributed by atoms with Crippen molar-refractivity contribution in [3.63, 3.8) is 0 Å². The molecule has 0 saturated carbocycles. The Bertz CT molecular complexity index is 472. The quantitative estimate of drug-likeness (QED) is 0.894. The molecule has 1 N–H and O–H groups in total. The molecule has 0 atom stereocenters. The van der Waals surface area contributed by atoms with Crippen molar-refractivity contribution in [2.45, 2.75) is 19.4 Å². The topological polar surface area (TPSA) is 35.6 Å². The number of hydrogen-bond donors (Lipinski definition) is 1.